The number of rotatable bonds is 11. The van der Waals surface area contributed by atoms with Crippen LogP contribution >= 0.6 is 0 Å². The van der Waals surface area contributed by atoms with Crippen molar-refractivity contribution in [2.45, 2.75) is 19.5 Å². The number of methoxy groups -OCH3 is 3. The molecular weight excluding hydrogens is 487 g/mol. The zero-order valence-electron chi connectivity index (χ0n) is 22.1. The van der Waals surface area contributed by atoms with Crippen molar-refractivity contribution in [3.05, 3.63) is 83.7 Å². The number of nitrogens with zero attached hydrogens (tertiary/aromatic N) is 1. The molecule has 1 amide bonds. The van der Waals surface area contributed by atoms with Crippen LogP contribution in [0.4, 0.5) is 4.39 Å². The van der Waals surface area contributed by atoms with E-state index in [9.17, 15) is 9.18 Å². The van der Waals surface area contributed by atoms with E-state index >= 15 is 0 Å². The molecule has 1 aliphatic heterocycles. The average Bonchev–Trinajstić information content (AvgIpc) is 2.95. The molecule has 4 rings (SSSR count). The maximum absolute atomic E-state index is 13.6. The van der Waals surface area contributed by atoms with Crippen LogP contribution in [0.15, 0.2) is 66.7 Å². The molecule has 0 bridgehead atoms. The van der Waals surface area contributed by atoms with Gasteiger partial charge in [-0.1, -0.05) is 24.3 Å². The molecule has 1 heterocycles. The van der Waals surface area contributed by atoms with Crippen molar-refractivity contribution < 1.29 is 28.1 Å². The maximum atomic E-state index is 13.6. The van der Waals surface area contributed by atoms with Crippen molar-refractivity contribution in [2.75, 3.05) is 41.0 Å². The van der Waals surface area contributed by atoms with Gasteiger partial charge in [-0.15, -0.1) is 0 Å². The van der Waals surface area contributed by atoms with E-state index in [1.807, 2.05) is 42.5 Å². The van der Waals surface area contributed by atoms with Gasteiger partial charge in [0.2, 0.25) is 5.91 Å². The summed E-state index contributed by atoms with van der Waals surface area (Å²) in [5.74, 6) is 2.17. The van der Waals surface area contributed by atoms with Crippen molar-refractivity contribution in [2.24, 2.45) is 11.8 Å². The maximum Gasteiger partial charge on any atom is 0.224 e. The number of nitrogens with one attached hydrogen (secondary N) is 1. The molecule has 7 nitrogen and oxygen atoms in total. The number of hydrogen-bond donors (Lipinski definition) is 1. The van der Waals surface area contributed by atoms with Crippen LogP contribution in [0.1, 0.15) is 17.5 Å². The highest BCUT2D eigenvalue weighted by molar-refractivity contribution is 5.79. The van der Waals surface area contributed by atoms with Gasteiger partial charge in [0, 0.05) is 38.2 Å². The number of ether oxygens (including phenoxy) is 4. The Balaban J connectivity index is 1.44. The minimum atomic E-state index is -0.336. The van der Waals surface area contributed by atoms with Crippen LogP contribution in [-0.4, -0.2) is 51.8 Å². The van der Waals surface area contributed by atoms with E-state index in [0.29, 0.717) is 49.9 Å². The molecule has 1 saturated heterocycles. The molecule has 2 atom stereocenters. The highest BCUT2D eigenvalue weighted by Crippen LogP contribution is 2.30. The number of halogens is 1. The molecule has 1 N–H and O–H groups in total. The van der Waals surface area contributed by atoms with Crippen molar-refractivity contribution in [3.8, 4) is 23.0 Å². The quantitative estimate of drug-likeness (QED) is 0.394. The number of carbonyl (C=O) groups is 1. The summed E-state index contributed by atoms with van der Waals surface area (Å²) in [5.41, 5.74) is 2.06. The summed E-state index contributed by atoms with van der Waals surface area (Å²) in [6.45, 7) is 2.87. The van der Waals surface area contributed by atoms with Crippen molar-refractivity contribution in [1.29, 1.82) is 0 Å². The fourth-order valence-electron chi connectivity index (χ4n) is 4.83. The van der Waals surface area contributed by atoms with Crippen LogP contribution in [0.5, 0.6) is 23.0 Å². The number of benzene rings is 3. The number of hydrogen-bond acceptors (Lipinski definition) is 6. The second-order valence-corrected chi connectivity index (χ2v) is 9.52. The molecule has 8 heteroatoms. The number of amides is 1. The van der Waals surface area contributed by atoms with Gasteiger partial charge in [-0.2, -0.15) is 0 Å². The first kappa shape index (κ1) is 27.3. The van der Waals surface area contributed by atoms with Gasteiger partial charge in [-0.3, -0.25) is 9.69 Å². The molecule has 0 unspecified atom stereocenters. The summed E-state index contributed by atoms with van der Waals surface area (Å²) in [7, 11) is 4.86. The molecule has 3 aromatic rings. The predicted octanol–water partition coefficient (Wildman–Crippen LogP) is 4.69. The molecule has 3 aromatic carbocycles. The second kappa shape index (κ2) is 13.1. The van der Waals surface area contributed by atoms with E-state index in [-0.39, 0.29) is 23.6 Å². The lowest BCUT2D eigenvalue weighted by atomic mass is 9.88. The monoisotopic (exact) mass is 522 g/mol. The first-order valence-electron chi connectivity index (χ1n) is 12.7. The molecule has 0 aromatic heterocycles. The van der Waals surface area contributed by atoms with Gasteiger partial charge in [-0.05, 0) is 53.9 Å². The van der Waals surface area contributed by atoms with Crippen LogP contribution < -0.4 is 24.3 Å². The molecule has 0 aliphatic carbocycles. The van der Waals surface area contributed by atoms with Crippen molar-refractivity contribution in [3.63, 3.8) is 0 Å². The highest BCUT2D eigenvalue weighted by Gasteiger charge is 2.32. The first-order chi connectivity index (χ1) is 18.5. The summed E-state index contributed by atoms with van der Waals surface area (Å²) in [6.07, 6.45) is 0.687. The van der Waals surface area contributed by atoms with Crippen molar-refractivity contribution >= 4 is 5.91 Å². The van der Waals surface area contributed by atoms with Crippen LogP contribution in [-0.2, 0) is 17.9 Å². The van der Waals surface area contributed by atoms with E-state index in [0.717, 1.165) is 23.4 Å². The second-order valence-electron chi connectivity index (χ2n) is 9.52. The fourth-order valence-corrected chi connectivity index (χ4v) is 4.83. The summed E-state index contributed by atoms with van der Waals surface area (Å²) in [6, 6.07) is 19.7. The molecule has 202 valence electrons. The standard InChI is InChI=1S/C30H35FN2O5/c1-35-26-10-7-21(8-11-26)16-32-30(34)24-13-23(20-38-27-6-4-5-25(31)15-27)18-33(19-24)17-22-9-12-28(36-2)29(14-22)37-3/h4-12,14-15,23-24H,13,16-20H2,1-3H3,(H,32,34)/t23-,24+/m0/s1. The van der Waals surface area contributed by atoms with Crippen LogP contribution in [0.3, 0.4) is 0 Å². The minimum absolute atomic E-state index is 0.00795. The van der Waals surface area contributed by atoms with E-state index in [2.05, 4.69) is 10.2 Å². The Kier molecular flexibility index (Phi) is 9.43. The highest BCUT2D eigenvalue weighted by atomic mass is 19.1. The van der Waals surface area contributed by atoms with E-state index in [1.54, 1.807) is 33.5 Å². The third kappa shape index (κ3) is 7.38. The summed E-state index contributed by atoms with van der Waals surface area (Å²) < 4.78 is 35.6. The largest absolute Gasteiger partial charge is 0.497 e. The Labute approximate surface area is 223 Å². The third-order valence-corrected chi connectivity index (χ3v) is 6.75. The normalized spacial score (nSPS) is 17.5. The van der Waals surface area contributed by atoms with Crippen LogP contribution in [0.2, 0.25) is 0 Å². The SMILES string of the molecule is COc1ccc(CNC(=O)[C@@H]2C[C@H](COc3cccc(F)c3)CN(Cc3ccc(OC)c(OC)c3)C2)cc1. The Morgan fingerprint density at radius 3 is 2.37 bits per heavy atom. The van der Waals surface area contributed by atoms with Gasteiger partial charge in [0.25, 0.3) is 0 Å². The Hall–Kier alpha value is -3.78. The fraction of sp³-hybridized carbons (Fsp3) is 0.367. The Morgan fingerprint density at radius 2 is 1.66 bits per heavy atom. The topological polar surface area (TPSA) is 69.3 Å². The summed E-state index contributed by atoms with van der Waals surface area (Å²) >= 11 is 0. The zero-order chi connectivity index (χ0) is 26.9. The van der Waals surface area contributed by atoms with Crippen LogP contribution in [0.25, 0.3) is 0 Å². The predicted molar refractivity (Wildman–Crippen MR) is 143 cm³/mol. The molecule has 1 aliphatic rings. The van der Waals surface area contributed by atoms with Gasteiger partial charge in [0.15, 0.2) is 11.5 Å². The molecule has 0 spiro atoms. The van der Waals surface area contributed by atoms with Gasteiger partial charge < -0.3 is 24.3 Å². The summed E-state index contributed by atoms with van der Waals surface area (Å²) in [4.78, 5) is 15.5. The van der Waals surface area contributed by atoms with Gasteiger partial charge in [-0.25, -0.2) is 4.39 Å². The molecular formula is C30H35FN2O5. The smallest absolute Gasteiger partial charge is 0.224 e. The number of piperidine rings is 1. The summed E-state index contributed by atoms with van der Waals surface area (Å²) in [5, 5.41) is 3.09. The number of likely N-dealkylation sites (tertiary alicyclic amines) is 1. The number of carbonyl (C=O) groups excluding carboxylic acids is 1. The van der Waals surface area contributed by atoms with Gasteiger partial charge >= 0.3 is 0 Å². The molecule has 0 saturated carbocycles. The minimum Gasteiger partial charge on any atom is -0.497 e. The Morgan fingerprint density at radius 1 is 0.895 bits per heavy atom. The van der Waals surface area contributed by atoms with E-state index in [4.69, 9.17) is 18.9 Å². The average molecular weight is 523 g/mol. The van der Waals surface area contributed by atoms with Gasteiger partial charge in [0.1, 0.15) is 17.3 Å². The van der Waals surface area contributed by atoms with E-state index in [1.165, 1.54) is 12.1 Å². The lowest BCUT2D eigenvalue weighted by molar-refractivity contribution is -0.128. The van der Waals surface area contributed by atoms with Crippen molar-refractivity contribution in [1.82, 2.24) is 10.2 Å². The molecule has 38 heavy (non-hydrogen) atoms. The lowest BCUT2D eigenvalue weighted by Crippen LogP contribution is -2.47. The zero-order valence-corrected chi connectivity index (χ0v) is 22.1. The van der Waals surface area contributed by atoms with Gasteiger partial charge in [0.05, 0.1) is 33.9 Å². The molecule has 1 fully saturated rings. The van der Waals surface area contributed by atoms with E-state index < -0.39 is 0 Å². The Bertz CT molecular complexity index is 1200. The first-order valence-corrected chi connectivity index (χ1v) is 12.7. The lowest BCUT2D eigenvalue weighted by Gasteiger charge is -2.37. The molecule has 0 radical (unpaired) electrons. The van der Waals surface area contributed by atoms with Crippen LogP contribution in [0, 0.1) is 17.7 Å². The third-order valence-electron chi connectivity index (χ3n) is 6.75.